The summed E-state index contributed by atoms with van der Waals surface area (Å²) in [5.41, 5.74) is 0.521. The van der Waals surface area contributed by atoms with Crippen molar-refractivity contribution in [3.05, 3.63) is 23.2 Å². The molecule has 0 saturated heterocycles. The Morgan fingerprint density at radius 3 is 2.43 bits per heavy atom. The molecule has 0 aliphatic heterocycles. The van der Waals surface area contributed by atoms with Crippen LogP contribution in [0.15, 0.2) is 10.5 Å². The molecule has 1 aromatic heterocycles. The molecule has 0 bridgehead atoms. The molecule has 1 aromatic rings. The van der Waals surface area contributed by atoms with Gasteiger partial charge < -0.3 is 9.32 Å². The van der Waals surface area contributed by atoms with Gasteiger partial charge in [0.1, 0.15) is 11.5 Å². The summed E-state index contributed by atoms with van der Waals surface area (Å²) in [6.07, 6.45) is 4.49. The second kappa shape index (κ2) is 5.83. The third kappa shape index (κ3) is 3.31. The van der Waals surface area contributed by atoms with E-state index in [0.717, 1.165) is 19.3 Å². The summed E-state index contributed by atoms with van der Waals surface area (Å²) >= 11 is 0. The quantitative estimate of drug-likeness (QED) is 0.859. The first-order valence-electron chi connectivity index (χ1n) is 7.25. The van der Waals surface area contributed by atoms with Gasteiger partial charge in [0.05, 0.1) is 10.8 Å². The van der Waals surface area contributed by atoms with Crippen molar-refractivity contribution < 1.29 is 17.6 Å². The first kappa shape index (κ1) is 16.1. The van der Waals surface area contributed by atoms with Crippen molar-refractivity contribution in [2.24, 2.45) is 0 Å². The zero-order valence-corrected chi connectivity index (χ0v) is 13.9. The minimum Gasteiger partial charge on any atom is -0.466 e. The van der Waals surface area contributed by atoms with Gasteiger partial charge in [0.25, 0.3) is 5.91 Å². The Labute approximate surface area is 126 Å². The predicted octanol–water partition coefficient (Wildman–Crippen LogP) is 2.32. The lowest BCUT2D eigenvalue weighted by atomic mass is 9.93. The summed E-state index contributed by atoms with van der Waals surface area (Å²) in [4.78, 5) is 14.2. The molecule has 2 atom stereocenters. The van der Waals surface area contributed by atoms with Crippen molar-refractivity contribution in [3.8, 4) is 0 Å². The monoisotopic (exact) mass is 313 g/mol. The summed E-state index contributed by atoms with van der Waals surface area (Å²) in [7, 11) is -1.47. The average molecular weight is 313 g/mol. The van der Waals surface area contributed by atoms with Gasteiger partial charge in [0.2, 0.25) is 0 Å². The molecule has 1 fully saturated rings. The number of furan rings is 1. The lowest BCUT2D eigenvalue weighted by Gasteiger charge is -2.36. The maximum Gasteiger partial charge on any atom is 0.257 e. The molecule has 118 valence electrons. The van der Waals surface area contributed by atoms with E-state index in [-0.39, 0.29) is 11.9 Å². The van der Waals surface area contributed by atoms with Crippen molar-refractivity contribution >= 4 is 15.7 Å². The molecule has 1 aliphatic carbocycles. The summed E-state index contributed by atoms with van der Waals surface area (Å²) in [5.74, 6) is 1.11. The lowest BCUT2D eigenvalue weighted by molar-refractivity contribution is 0.0698. The summed E-state index contributed by atoms with van der Waals surface area (Å²) in [5, 5.41) is -0.464. The lowest BCUT2D eigenvalue weighted by Crippen LogP contribution is -2.49. The number of amides is 1. The molecule has 1 aliphatic rings. The number of carbonyl (C=O) groups is 1. The van der Waals surface area contributed by atoms with E-state index >= 15 is 0 Å². The molecule has 6 heteroatoms. The summed E-state index contributed by atoms with van der Waals surface area (Å²) in [6.45, 7) is 3.55. The van der Waals surface area contributed by atoms with Gasteiger partial charge in [-0.2, -0.15) is 0 Å². The molecule has 2 rings (SSSR count). The van der Waals surface area contributed by atoms with Gasteiger partial charge in [-0.3, -0.25) is 4.79 Å². The van der Waals surface area contributed by atoms with E-state index in [2.05, 4.69) is 0 Å². The SMILES string of the molecule is Cc1cc(C(=O)N(C)[C@@H]2CCCC[C@H]2S(C)(=O)=O)c(C)o1. The Bertz CT molecular complexity index is 632. The normalized spacial score (nSPS) is 23.0. The molecule has 1 amide bonds. The molecule has 1 heterocycles. The minimum absolute atomic E-state index is 0.162. The Morgan fingerprint density at radius 1 is 1.29 bits per heavy atom. The van der Waals surface area contributed by atoms with Gasteiger partial charge in [-0.1, -0.05) is 12.8 Å². The highest BCUT2D eigenvalue weighted by atomic mass is 32.2. The minimum atomic E-state index is -3.16. The number of nitrogens with zero attached hydrogens (tertiary/aromatic N) is 1. The van der Waals surface area contributed by atoms with E-state index in [4.69, 9.17) is 4.42 Å². The molecule has 0 radical (unpaired) electrons. The first-order chi connectivity index (χ1) is 9.71. The van der Waals surface area contributed by atoms with Crippen molar-refractivity contribution in [1.29, 1.82) is 0 Å². The van der Waals surface area contributed by atoms with Crippen LogP contribution in [-0.2, 0) is 9.84 Å². The smallest absolute Gasteiger partial charge is 0.257 e. The zero-order chi connectivity index (χ0) is 15.8. The van der Waals surface area contributed by atoms with Crippen LogP contribution in [0.5, 0.6) is 0 Å². The average Bonchev–Trinajstić information content (AvgIpc) is 2.75. The van der Waals surface area contributed by atoms with E-state index in [1.54, 1.807) is 31.9 Å². The van der Waals surface area contributed by atoms with Crippen LogP contribution in [0.25, 0.3) is 0 Å². The number of hydrogen-bond acceptors (Lipinski definition) is 4. The fourth-order valence-corrected chi connectivity index (χ4v) is 4.69. The topological polar surface area (TPSA) is 67.6 Å². The second-order valence-electron chi connectivity index (χ2n) is 5.96. The van der Waals surface area contributed by atoms with Gasteiger partial charge in [-0.05, 0) is 32.8 Å². The van der Waals surface area contributed by atoms with E-state index < -0.39 is 15.1 Å². The largest absolute Gasteiger partial charge is 0.466 e. The van der Waals surface area contributed by atoms with Crippen LogP contribution in [0, 0.1) is 13.8 Å². The zero-order valence-electron chi connectivity index (χ0n) is 13.0. The number of carbonyl (C=O) groups excluding carboxylic acids is 1. The Hall–Kier alpha value is -1.30. The molecule has 0 N–H and O–H groups in total. The van der Waals surface area contributed by atoms with Gasteiger partial charge in [0.15, 0.2) is 9.84 Å². The summed E-state index contributed by atoms with van der Waals surface area (Å²) < 4.78 is 29.4. The Kier molecular flexibility index (Phi) is 4.46. The van der Waals surface area contributed by atoms with Gasteiger partial charge in [-0.25, -0.2) is 8.42 Å². The highest BCUT2D eigenvalue weighted by Crippen LogP contribution is 2.29. The van der Waals surface area contributed by atoms with Gasteiger partial charge in [-0.15, -0.1) is 0 Å². The van der Waals surface area contributed by atoms with Crippen molar-refractivity contribution in [2.75, 3.05) is 13.3 Å². The van der Waals surface area contributed by atoms with Gasteiger partial charge >= 0.3 is 0 Å². The molecular formula is C15H23NO4S. The number of hydrogen-bond donors (Lipinski definition) is 0. The Morgan fingerprint density at radius 2 is 1.90 bits per heavy atom. The van der Waals surface area contributed by atoms with E-state index in [0.29, 0.717) is 23.5 Å². The van der Waals surface area contributed by atoms with E-state index in [1.165, 1.54) is 6.26 Å². The van der Waals surface area contributed by atoms with Crippen LogP contribution in [0.1, 0.15) is 47.6 Å². The third-order valence-corrected chi connectivity index (χ3v) is 5.96. The maximum absolute atomic E-state index is 12.6. The number of rotatable bonds is 3. The highest BCUT2D eigenvalue weighted by molar-refractivity contribution is 7.91. The third-order valence-electron chi connectivity index (χ3n) is 4.31. The number of sulfone groups is 1. The molecular weight excluding hydrogens is 290 g/mol. The first-order valence-corrected chi connectivity index (χ1v) is 9.20. The van der Waals surface area contributed by atoms with Crippen molar-refractivity contribution in [2.45, 2.75) is 50.8 Å². The molecule has 0 spiro atoms. The fraction of sp³-hybridized carbons (Fsp3) is 0.667. The van der Waals surface area contributed by atoms with Crippen LogP contribution in [0.4, 0.5) is 0 Å². The van der Waals surface area contributed by atoms with Crippen LogP contribution < -0.4 is 0 Å². The maximum atomic E-state index is 12.6. The Balaban J connectivity index is 2.27. The molecule has 1 saturated carbocycles. The summed E-state index contributed by atoms with van der Waals surface area (Å²) in [6, 6.07) is 1.46. The van der Waals surface area contributed by atoms with Crippen molar-refractivity contribution in [1.82, 2.24) is 4.90 Å². The predicted molar refractivity (Wildman–Crippen MR) is 81.2 cm³/mol. The van der Waals surface area contributed by atoms with E-state index in [1.807, 2.05) is 0 Å². The fourth-order valence-electron chi connectivity index (χ4n) is 3.20. The molecule has 5 nitrogen and oxygen atoms in total. The van der Waals surface area contributed by atoms with Crippen LogP contribution in [0.2, 0.25) is 0 Å². The number of aryl methyl sites for hydroxylation is 2. The highest BCUT2D eigenvalue weighted by Gasteiger charge is 2.37. The standard InChI is InChI=1S/C15H23NO4S/c1-10-9-12(11(2)20-10)15(17)16(3)13-7-5-6-8-14(13)21(4,18)19/h9,13-14H,5-8H2,1-4H3/t13-,14-/m1/s1. The molecule has 0 aromatic carbocycles. The van der Waals surface area contributed by atoms with Crippen LogP contribution >= 0.6 is 0 Å². The second-order valence-corrected chi connectivity index (χ2v) is 8.23. The van der Waals surface area contributed by atoms with Crippen molar-refractivity contribution in [3.63, 3.8) is 0 Å². The molecule has 21 heavy (non-hydrogen) atoms. The van der Waals surface area contributed by atoms with E-state index in [9.17, 15) is 13.2 Å². The van der Waals surface area contributed by atoms with Crippen LogP contribution in [0.3, 0.4) is 0 Å². The van der Waals surface area contributed by atoms with Gasteiger partial charge in [0, 0.05) is 19.3 Å². The molecule has 0 unspecified atom stereocenters. The van der Waals surface area contributed by atoms with Crippen LogP contribution in [-0.4, -0.2) is 43.8 Å².